The highest BCUT2D eigenvalue weighted by Crippen LogP contribution is 2.63. The zero-order valence-corrected chi connectivity index (χ0v) is 29.5. The van der Waals surface area contributed by atoms with Crippen molar-refractivity contribution in [3.05, 3.63) is 186 Å². The van der Waals surface area contributed by atoms with Gasteiger partial charge in [0.1, 0.15) is 0 Å². The van der Waals surface area contributed by atoms with E-state index in [1.165, 1.54) is 112 Å². The normalized spacial score (nSPS) is 13.9. The molecular weight excluding hydrogens is 667 g/mol. The maximum absolute atomic E-state index is 2.55. The Hall–Kier alpha value is -6.00. The minimum absolute atomic E-state index is 0.344. The van der Waals surface area contributed by atoms with Crippen molar-refractivity contribution in [3.8, 4) is 27.9 Å². The third-order valence-corrected chi connectivity index (χ3v) is 14.4. The quantitative estimate of drug-likeness (QED) is 0.161. The summed E-state index contributed by atoms with van der Waals surface area (Å²) in [6.07, 6.45) is 0. The molecular formula is C49H27NS2. The van der Waals surface area contributed by atoms with Crippen LogP contribution in [0.5, 0.6) is 0 Å². The van der Waals surface area contributed by atoms with Crippen LogP contribution in [0.15, 0.2) is 164 Å². The number of hydrogen-bond acceptors (Lipinski definition) is 2. The first-order valence-corrected chi connectivity index (χ1v) is 19.6. The zero-order chi connectivity index (χ0) is 33.7. The number of rotatable bonds is 1. The van der Waals surface area contributed by atoms with E-state index in [1.54, 1.807) is 0 Å². The second-order valence-electron chi connectivity index (χ2n) is 14.3. The second kappa shape index (κ2) is 9.65. The molecule has 13 rings (SSSR count). The fourth-order valence-electron chi connectivity index (χ4n) is 10.1. The molecule has 0 atom stereocenters. The minimum Gasteiger partial charge on any atom is -0.309 e. The molecule has 240 valence electrons. The van der Waals surface area contributed by atoms with Crippen LogP contribution in [0.3, 0.4) is 0 Å². The van der Waals surface area contributed by atoms with Crippen molar-refractivity contribution in [2.24, 2.45) is 0 Å². The van der Waals surface area contributed by atoms with Crippen molar-refractivity contribution in [3.63, 3.8) is 0 Å². The van der Waals surface area contributed by atoms with E-state index in [9.17, 15) is 0 Å². The molecule has 0 saturated heterocycles. The number of thiophene rings is 2. The van der Waals surface area contributed by atoms with E-state index in [0.29, 0.717) is 0 Å². The summed E-state index contributed by atoms with van der Waals surface area (Å²) in [6, 6.07) is 61.8. The largest absolute Gasteiger partial charge is 0.309 e. The molecule has 11 aromatic rings. The summed E-state index contributed by atoms with van der Waals surface area (Å²) in [6.45, 7) is 0. The molecule has 1 spiro atoms. The lowest BCUT2D eigenvalue weighted by molar-refractivity contribution is 0.793. The number of nitrogens with zero attached hydrogens (tertiary/aromatic N) is 1. The first-order valence-electron chi connectivity index (χ1n) is 17.9. The van der Waals surface area contributed by atoms with Crippen LogP contribution in [0.1, 0.15) is 22.3 Å². The Balaban J connectivity index is 1.17. The van der Waals surface area contributed by atoms with E-state index < -0.39 is 0 Å². The third kappa shape index (κ3) is 3.18. The summed E-state index contributed by atoms with van der Waals surface area (Å²) in [7, 11) is 0. The van der Waals surface area contributed by atoms with Gasteiger partial charge in [0.2, 0.25) is 0 Å². The number of fused-ring (bicyclic) bond motifs is 21. The number of aromatic nitrogens is 1. The molecule has 3 aromatic heterocycles. The fraction of sp³-hybridized carbons (Fsp3) is 0.0204. The molecule has 0 aliphatic heterocycles. The molecule has 8 aromatic carbocycles. The van der Waals surface area contributed by atoms with Crippen molar-refractivity contribution in [2.45, 2.75) is 5.41 Å². The topological polar surface area (TPSA) is 4.93 Å². The molecule has 3 heterocycles. The summed E-state index contributed by atoms with van der Waals surface area (Å²) in [4.78, 5) is 0. The van der Waals surface area contributed by atoms with Crippen LogP contribution >= 0.6 is 22.7 Å². The average Bonchev–Trinajstić information content (AvgIpc) is 3.99. The van der Waals surface area contributed by atoms with Gasteiger partial charge >= 0.3 is 0 Å². The molecule has 2 aliphatic carbocycles. The summed E-state index contributed by atoms with van der Waals surface area (Å²) >= 11 is 3.83. The number of benzene rings is 8. The van der Waals surface area contributed by atoms with E-state index in [0.717, 1.165) is 0 Å². The number of hydrogen-bond donors (Lipinski definition) is 0. The van der Waals surface area contributed by atoms with E-state index in [2.05, 4.69) is 168 Å². The van der Waals surface area contributed by atoms with Gasteiger partial charge in [0.25, 0.3) is 0 Å². The van der Waals surface area contributed by atoms with Crippen LogP contribution < -0.4 is 0 Å². The van der Waals surface area contributed by atoms with Gasteiger partial charge in [-0.3, -0.25) is 0 Å². The average molecular weight is 694 g/mol. The van der Waals surface area contributed by atoms with Gasteiger partial charge in [0.05, 0.1) is 16.4 Å². The van der Waals surface area contributed by atoms with Crippen molar-refractivity contribution in [2.75, 3.05) is 0 Å². The molecule has 3 heteroatoms. The van der Waals surface area contributed by atoms with Crippen molar-refractivity contribution >= 4 is 84.8 Å². The van der Waals surface area contributed by atoms with E-state index in [1.807, 2.05) is 22.7 Å². The SMILES string of the molecule is c1ccc2c(c1)-c1ccccc1C21c2ccccc2-c2cc(-n3c4ccc5c6ccccc6sc5c4c4c5c(ccc43)sc3ccccc35)ccc21. The van der Waals surface area contributed by atoms with Gasteiger partial charge in [0, 0.05) is 56.8 Å². The molecule has 2 aliphatic rings. The van der Waals surface area contributed by atoms with E-state index in [4.69, 9.17) is 0 Å². The predicted octanol–water partition coefficient (Wildman–Crippen LogP) is 13.9. The Morgan fingerprint density at radius 1 is 0.365 bits per heavy atom. The molecule has 0 amide bonds. The van der Waals surface area contributed by atoms with Gasteiger partial charge in [-0.2, -0.15) is 0 Å². The molecule has 0 fully saturated rings. The van der Waals surface area contributed by atoms with Crippen molar-refractivity contribution in [1.82, 2.24) is 4.57 Å². The van der Waals surface area contributed by atoms with Crippen LogP contribution in [0.4, 0.5) is 0 Å². The van der Waals surface area contributed by atoms with Gasteiger partial charge in [-0.05, 0) is 87.0 Å². The molecule has 52 heavy (non-hydrogen) atoms. The molecule has 0 N–H and O–H groups in total. The van der Waals surface area contributed by atoms with Gasteiger partial charge in [-0.25, -0.2) is 0 Å². The van der Waals surface area contributed by atoms with E-state index >= 15 is 0 Å². The minimum atomic E-state index is -0.344. The maximum Gasteiger partial charge on any atom is 0.0725 e. The smallest absolute Gasteiger partial charge is 0.0725 e. The van der Waals surface area contributed by atoms with E-state index in [-0.39, 0.29) is 5.41 Å². The lowest BCUT2D eigenvalue weighted by Crippen LogP contribution is -2.25. The standard InChI is InChI=1S/C49H27NS2/c1-6-16-36-29(11-1)30-12-2-7-17-37(30)49(36)38-18-8-3-13-31(38)35-27-28(21-23-39(35)49)50-40-25-26-44-45(34-15-5-10-20-43(34)51-44)46(40)47-41(50)24-22-33-32-14-4-9-19-42(32)52-48(33)47/h1-27H. The predicted molar refractivity (Wildman–Crippen MR) is 223 cm³/mol. The van der Waals surface area contributed by atoms with Gasteiger partial charge in [0.15, 0.2) is 0 Å². The van der Waals surface area contributed by atoms with Crippen LogP contribution in [-0.2, 0) is 5.41 Å². The Morgan fingerprint density at radius 3 is 1.65 bits per heavy atom. The summed E-state index contributed by atoms with van der Waals surface area (Å²) in [5, 5.41) is 8.11. The first-order chi connectivity index (χ1) is 25.8. The summed E-state index contributed by atoms with van der Waals surface area (Å²) < 4.78 is 7.94. The third-order valence-electron chi connectivity index (χ3n) is 12.0. The van der Waals surface area contributed by atoms with Crippen LogP contribution in [-0.4, -0.2) is 4.57 Å². The zero-order valence-electron chi connectivity index (χ0n) is 27.9. The fourth-order valence-corrected chi connectivity index (χ4v) is 12.5. The lowest BCUT2D eigenvalue weighted by atomic mass is 9.70. The van der Waals surface area contributed by atoms with Gasteiger partial charge in [-0.1, -0.05) is 121 Å². The van der Waals surface area contributed by atoms with Crippen LogP contribution in [0, 0.1) is 0 Å². The Labute approximate surface area is 307 Å². The Bertz CT molecular complexity index is 3320. The Morgan fingerprint density at radius 2 is 0.923 bits per heavy atom. The highest BCUT2D eigenvalue weighted by molar-refractivity contribution is 7.27. The second-order valence-corrected chi connectivity index (χ2v) is 16.5. The highest BCUT2D eigenvalue weighted by atomic mass is 32.1. The van der Waals surface area contributed by atoms with Crippen LogP contribution in [0.2, 0.25) is 0 Å². The van der Waals surface area contributed by atoms with Crippen molar-refractivity contribution < 1.29 is 0 Å². The van der Waals surface area contributed by atoms with Crippen LogP contribution in [0.25, 0.3) is 90.1 Å². The Kier molecular flexibility index (Phi) is 5.14. The monoisotopic (exact) mass is 693 g/mol. The maximum atomic E-state index is 2.55. The summed E-state index contributed by atoms with van der Waals surface area (Å²) in [5.41, 5.74) is 14.2. The summed E-state index contributed by atoms with van der Waals surface area (Å²) in [5.74, 6) is 0. The first kappa shape index (κ1) is 27.7. The molecule has 0 saturated carbocycles. The molecule has 0 bridgehead atoms. The molecule has 1 nitrogen and oxygen atoms in total. The lowest BCUT2D eigenvalue weighted by Gasteiger charge is -2.30. The molecule has 0 unspecified atom stereocenters. The van der Waals surface area contributed by atoms with Gasteiger partial charge < -0.3 is 4.57 Å². The van der Waals surface area contributed by atoms with Gasteiger partial charge in [-0.15, -0.1) is 22.7 Å². The van der Waals surface area contributed by atoms with Crippen molar-refractivity contribution in [1.29, 1.82) is 0 Å². The molecule has 0 radical (unpaired) electrons. The highest BCUT2D eigenvalue weighted by Gasteiger charge is 2.51.